The maximum atomic E-state index is 13.9. The SMILES string of the molecule is CCc1ccccc1Nc1nc(N)nc(CSc2nnc(Cc3ccccc3F)n2N)n1. The lowest BCUT2D eigenvalue weighted by molar-refractivity contribution is 0.610. The van der Waals surface area contributed by atoms with E-state index in [2.05, 4.69) is 37.4 Å². The molecule has 0 bridgehead atoms. The van der Waals surface area contributed by atoms with Crippen molar-refractivity contribution in [2.45, 2.75) is 30.7 Å². The van der Waals surface area contributed by atoms with Crippen LogP contribution in [0.3, 0.4) is 0 Å². The summed E-state index contributed by atoms with van der Waals surface area (Å²) in [4.78, 5) is 12.8. The third-order valence-electron chi connectivity index (χ3n) is 4.72. The summed E-state index contributed by atoms with van der Waals surface area (Å²) in [5.41, 5.74) is 8.43. The molecule has 0 radical (unpaired) electrons. The molecule has 164 valence electrons. The summed E-state index contributed by atoms with van der Waals surface area (Å²) < 4.78 is 15.3. The second-order valence-corrected chi connectivity index (χ2v) is 7.84. The van der Waals surface area contributed by atoms with E-state index in [9.17, 15) is 4.39 Å². The average Bonchev–Trinajstić information content (AvgIpc) is 3.13. The Morgan fingerprint density at radius 2 is 1.75 bits per heavy atom. The highest BCUT2D eigenvalue weighted by Crippen LogP contribution is 2.23. The monoisotopic (exact) mass is 451 g/mol. The van der Waals surface area contributed by atoms with Crippen LogP contribution < -0.4 is 16.9 Å². The number of nitrogens with zero attached hydrogens (tertiary/aromatic N) is 6. The fourth-order valence-corrected chi connectivity index (χ4v) is 3.83. The van der Waals surface area contributed by atoms with Gasteiger partial charge in [-0.3, -0.25) is 0 Å². The highest BCUT2D eigenvalue weighted by atomic mass is 32.2. The Kier molecular flexibility index (Phi) is 6.45. The first-order valence-electron chi connectivity index (χ1n) is 9.94. The summed E-state index contributed by atoms with van der Waals surface area (Å²) in [6.07, 6.45) is 1.11. The highest BCUT2D eigenvalue weighted by Gasteiger charge is 2.14. The Labute approximate surface area is 188 Å². The van der Waals surface area contributed by atoms with Crippen molar-refractivity contribution in [3.05, 3.63) is 77.1 Å². The third kappa shape index (κ3) is 4.94. The first-order valence-corrected chi connectivity index (χ1v) is 10.9. The Balaban J connectivity index is 1.46. The Morgan fingerprint density at radius 3 is 2.53 bits per heavy atom. The van der Waals surface area contributed by atoms with E-state index in [0.29, 0.717) is 34.1 Å². The molecule has 32 heavy (non-hydrogen) atoms. The van der Waals surface area contributed by atoms with Crippen molar-refractivity contribution in [2.24, 2.45) is 0 Å². The number of thioether (sulfide) groups is 1. The predicted octanol–water partition coefficient (Wildman–Crippen LogP) is 3.09. The van der Waals surface area contributed by atoms with Crippen molar-refractivity contribution < 1.29 is 4.39 Å². The molecule has 0 aliphatic heterocycles. The van der Waals surface area contributed by atoms with E-state index in [-0.39, 0.29) is 18.2 Å². The van der Waals surface area contributed by atoms with E-state index in [1.165, 1.54) is 22.5 Å². The zero-order valence-corrected chi connectivity index (χ0v) is 18.2. The lowest BCUT2D eigenvalue weighted by Gasteiger charge is -2.10. The van der Waals surface area contributed by atoms with Crippen LogP contribution in [0.1, 0.15) is 29.7 Å². The molecule has 0 spiro atoms. The lowest BCUT2D eigenvalue weighted by atomic mass is 10.1. The number of nitrogens with one attached hydrogen (secondary N) is 1. The van der Waals surface area contributed by atoms with Crippen LogP contribution in [0.4, 0.5) is 22.0 Å². The van der Waals surface area contributed by atoms with Gasteiger partial charge in [0.1, 0.15) is 11.6 Å². The summed E-state index contributed by atoms with van der Waals surface area (Å²) >= 11 is 1.30. The van der Waals surface area contributed by atoms with Crippen LogP contribution in [0, 0.1) is 5.82 Å². The van der Waals surface area contributed by atoms with Gasteiger partial charge >= 0.3 is 0 Å². The number of nitrogens with two attached hydrogens (primary N) is 2. The van der Waals surface area contributed by atoms with Gasteiger partial charge in [-0.15, -0.1) is 10.2 Å². The van der Waals surface area contributed by atoms with Crippen molar-refractivity contribution in [3.8, 4) is 0 Å². The molecule has 0 aliphatic rings. The van der Waals surface area contributed by atoms with E-state index in [1.54, 1.807) is 18.2 Å². The van der Waals surface area contributed by atoms with Crippen molar-refractivity contribution in [3.63, 3.8) is 0 Å². The van der Waals surface area contributed by atoms with E-state index >= 15 is 0 Å². The van der Waals surface area contributed by atoms with Gasteiger partial charge in [0, 0.05) is 12.1 Å². The van der Waals surface area contributed by atoms with E-state index in [4.69, 9.17) is 11.6 Å². The number of para-hydroxylation sites is 1. The summed E-state index contributed by atoms with van der Waals surface area (Å²) in [5, 5.41) is 11.9. The molecule has 2 aromatic heterocycles. The minimum atomic E-state index is -0.310. The fourth-order valence-electron chi connectivity index (χ4n) is 3.10. The van der Waals surface area contributed by atoms with Gasteiger partial charge in [0.25, 0.3) is 0 Å². The zero-order valence-electron chi connectivity index (χ0n) is 17.4. The van der Waals surface area contributed by atoms with Gasteiger partial charge in [0.05, 0.1) is 5.75 Å². The maximum absolute atomic E-state index is 13.9. The molecule has 0 unspecified atom stereocenters. The fraction of sp³-hybridized carbons (Fsp3) is 0.190. The van der Waals surface area contributed by atoms with Gasteiger partial charge in [-0.2, -0.15) is 15.0 Å². The molecule has 0 saturated carbocycles. The molecule has 4 rings (SSSR count). The van der Waals surface area contributed by atoms with Gasteiger partial charge < -0.3 is 16.9 Å². The molecule has 9 nitrogen and oxygen atoms in total. The maximum Gasteiger partial charge on any atom is 0.232 e. The number of benzene rings is 2. The second kappa shape index (κ2) is 9.60. The largest absolute Gasteiger partial charge is 0.368 e. The second-order valence-electron chi connectivity index (χ2n) is 6.89. The summed E-state index contributed by atoms with van der Waals surface area (Å²) in [6.45, 7) is 2.08. The number of aryl methyl sites for hydroxylation is 1. The molecule has 0 saturated heterocycles. The van der Waals surface area contributed by atoms with Crippen LogP contribution >= 0.6 is 11.8 Å². The molecular weight excluding hydrogens is 429 g/mol. The average molecular weight is 452 g/mol. The van der Waals surface area contributed by atoms with Gasteiger partial charge in [-0.05, 0) is 29.7 Å². The number of aromatic nitrogens is 6. The van der Waals surface area contributed by atoms with Crippen molar-refractivity contribution in [2.75, 3.05) is 16.9 Å². The first-order chi connectivity index (χ1) is 15.5. The molecule has 5 N–H and O–H groups in total. The molecule has 2 aromatic carbocycles. The predicted molar refractivity (Wildman–Crippen MR) is 122 cm³/mol. The van der Waals surface area contributed by atoms with E-state index in [0.717, 1.165) is 17.7 Å². The van der Waals surface area contributed by atoms with Gasteiger partial charge in [-0.25, -0.2) is 9.07 Å². The molecule has 0 amide bonds. The smallest absolute Gasteiger partial charge is 0.232 e. The normalized spacial score (nSPS) is 10.9. The Bertz CT molecular complexity index is 1230. The number of halogens is 1. The van der Waals surface area contributed by atoms with Crippen LogP contribution in [0.15, 0.2) is 53.7 Å². The minimum Gasteiger partial charge on any atom is -0.368 e. The number of anilines is 3. The summed E-state index contributed by atoms with van der Waals surface area (Å²) in [6, 6.07) is 14.4. The van der Waals surface area contributed by atoms with Crippen molar-refractivity contribution in [1.82, 2.24) is 29.8 Å². The van der Waals surface area contributed by atoms with Crippen molar-refractivity contribution >= 4 is 29.3 Å². The lowest BCUT2D eigenvalue weighted by Crippen LogP contribution is -2.15. The summed E-state index contributed by atoms with van der Waals surface area (Å²) in [7, 11) is 0. The van der Waals surface area contributed by atoms with Crippen LogP contribution in [0.2, 0.25) is 0 Å². The molecule has 0 atom stereocenters. The topological polar surface area (TPSA) is 133 Å². The minimum absolute atomic E-state index is 0.113. The molecule has 11 heteroatoms. The third-order valence-corrected chi connectivity index (χ3v) is 5.65. The standard InChI is InChI=1S/C21H22FN9S/c1-2-13-7-4-6-10-16(13)25-20-27-17(26-19(23)28-20)12-32-21-30-29-18(31(21)24)11-14-8-3-5-9-15(14)22/h3-10H,2,11-12,24H2,1H3,(H3,23,25,26,27,28). The van der Waals surface area contributed by atoms with Gasteiger partial charge in [0.15, 0.2) is 5.82 Å². The quantitative estimate of drug-likeness (QED) is 0.273. The van der Waals surface area contributed by atoms with E-state index in [1.807, 2.05) is 24.3 Å². The molecular formula is C21H22FN9S. The Hall–Kier alpha value is -3.73. The number of hydrogen-bond donors (Lipinski definition) is 3. The van der Waals surface area contributed by atoms with Crippen LogP contribution in [0.25, 0.3) is 0 Å². The number of rotatable bonds is 8. The molecule has 0 aliphatic carbocycles. The molecule has 2 heterocycles. The van der Waals surface area contributed by atoms with Crippen LogP contribution in [0.5, 0.6) is 0 Å². The zero-order chi connectivity index (χ0) is 22.5. The van der Waals surface area contributed by atoms with Crippen LogP contribution in [-0.2, 0) is 18.6 Å². The highest BCUT2D eigenvalue weighted by molar-refractivity contribution is 7.98. The number of nitrogen functional groups attached to an aromatic ring is 2. The van der Waals surface area contributed by atoms with Crippen molar-refractivity contribution in [1.29, 1.82) is 0 Å². The van der Waals surface area contributed by atoms with Crippen LogP contribution in [-0.4, -0.2) is 29.8 Å². The molecule has 0 fully saturated rings. The number of hydrogen-bond acceptors (Lipinski definition) is 9. The summed E-state index contributed by atoms with van der Waals surface area (Å²) in [5.74, 6) is 7.56. The van der Waals surface area contributed by atoms with Gasteiger partial charge in [0.2, 0.25) is 17.1 Å². The first kappa shape index (κ1) is 21.5. The molecule has 4 aromatic rings. The van der Waals surface area contributed by atoms with E-state index < -0.39 is 0 Å². The van der Waals surface area contributed by atoms with Gasteiger partial charge in [-0.1, -0.05) is 55.1 Å². The Morgan fingerprint density at radius 1 is 1.00 bits per heavy atom.